The summed E-state index contributed by atoms with van der Waals surface area (Å²) >= 11 is 0. The molecule has 2 aliphatic rings. The summed E-state index contributed by atoms with van der Waals surface area (Å²) < 4.78 is 5.67. The normalized spacial score (nSPS) is 39.5. The molecule has 0 radical (unpaired) electrons. The molecule has 0 bridgehead atoms. The zero-order valence-corrected chi connectivity index (χ0v) is 13.9. The van der Waals surface area contributed by atoms with Crippen molar-refractivity contribution >= 4 is 0 Å². The van der Waals surface area contributed by atoms with Gasteiger partial charge in [0.05, 0.1) is 12.2 Å². The summed E-state index contributed by atoms with van der Waals surface area (Å²) in [6.07, 6.45) is 4.65. The van der Waals surface area contributed by atoms with E-state index in [4.69, 9.17) is 4.74 Å². The van der Waals surface area contributed by atoms with Crippen LogP contribution in [0.5, 0.6) is 0 Å². The first-order chi connectivity index (χ1) is 9.29. The maximum Gasteiger partial charge on any atom is 0.0702 e. The average molecular weight is 283 g/mol. The van der Waals surface area contributed by atoms with Crippen LogP contribution in [0.3, 0.4) is 0 Å². The smallest absolute Gasteiger partial charge is 0.0702 e. The Morgan fingerprint density at radius 2 is 1.90 bits per heavy atom. The van der Waals surface area contributed by atoms with E-state index >= 15 is 0 Å². The van der Waals surface area contributed by atoms with E-state index in [-0.39, 0.29) is 6.10 Å². The highest BCUT2D eigenvalue weighted by Gasteiger charge is 2.37. The van der Waals surface area contributed by atoms with Crippen molar-refractivity contribution in [2.45, 2.75) is 71.6 Å². The van der Waals surface area contributed by atoms with Crippen molar-refractivity contribution in [2.24, 2.45) is 17.3 Å². The predicted molar refractivity (Wildman–Crippen MR) is 82.7 cm³/mol. The third kappa shape index (κ3) is 3.75. The van der Waals surface area contributed by atoms with Crippen LogP contribution in [0.1, 0.15) is 53.4 Å². The van der Waals surface area contributed by atoms with Crippen LogP contribution in [0.15, 0.2) is 0 Å². The van der Waals surface area contributed by atoms with Gasteiger partial charge in [0, 0.05) is 19.2 Å². The fourth-order valence-corrected chi connectivity index (χ4v) is 4.04. The van der Waals surface area contributed by atoms with Gasteiger partial charge in [-0.1, -0.05) is 20.8 Å². The molecular weight excluding hydrogens is 250 g/mol. The molecular formula is C17H33NO2. The first kappa shape index (κ1) is 16.3. The third-order valence-corrected chi connectivity index (χ3v) is 5.59. The average Bonchev–Trinajstić information content (AvgIpc) is 2.77. The van der Waals surface area contributed by atoms with Gasteiger partial charge >= 0.3 is 0 Å². The summed E-state index contributed by atoms with van der Waals surface area (Å²) in [7, 11) is 2.20. The first-order valence-corrected chi connectivity index (χ1v) is 8.29. The van der Waals surface area contributed by atoms with E-state index in [9.17, 15) is 5.11 Å². The van der Waals surface area contributed by atoms with Gasteiger partial charge < -0.3 is 14.7 Å². The fraction of sp³-hybridized carbons (Fsp3) is 1.00. The Labute approximate surface area is 124 Å². The summed E-state index contributed by atoms with van der Waals surface area (Å²) in [5, 5.41) is 10.4. The van der Waals surface area contributed by atoms with E-state index in [1.165, 1.54) is 6.42 Å². The summed E-state index contributed by atoms with van der Waals surface area (Å²) in [6.45, 7) is 11.1. The minimum atomic E-state index is -0.117. The van der Waals surface area contributed by atoms with E-state index < -0.39 is 0 Å². The molecule has 1 heterocycles. The molecule has 3 nitrogen and oxygen atoms in total. The zero-order valence-electron chi connectivity index (χ0n) is 13.9. The second kappa shape index (κ2) is 6.33. The van der Waals surface area contributed by atoms with Crippen molar-refractivity contribution in [3.05, 3.63) is 0 Å². The molecule has 5 atom stereocenters. The molecule has 0 spiro atoms. The number of ether oxygens (including phenoxy) is 1. The van der Waals surface area contributed by atoms with Gasteiger partial charge in [-0.3, -0.25) is 0 Å². The minimum Gasteiger partial charge on any atom is -0.393 e. The maximum absolute atomic E-state index is 10.4. The molecule has 2 fully saturated rings. The molecule has 1 N–H and O–H groups in total. The lowest BCUT2D eigenvalue weighted by Crippen LogP contribution is -2.45. The number of hydrogen-bond acceptors (Lipinski definition) is 3. The maximum atomic E-state index is 10.4. The van der Waals surface area contributed by atoms with Crippen LogP contribution >= 0.6 is 0 Å². The van der Waals surface area contributed by atoms with E-state index in [1.54, 1.807) is 0 Å². The summed E-state index contributed by atoms with van der Waals surface area (Å²) in [5.74, 6) is 1.16. The number of likely N-dealkylation sites (N-methyl/N-ethyl adjacent to an activating group) is 1. The number of aliphatic hydroxyl groups excluding tert-OH is 1. The summed E-state index contributed by atoms with van der Waals surface area (Å²) in [5.41, 5.74) is 0.362. The van der Waals surface area contributed by atoms with Crippen LogP contribution < -0.4 is 0 Å². The molecule has 0 aromatic rings. The Kier molecular flexibility index (Phi) is 5.14. The highest BCUT2D eigenvalue weighted by molar-refractivity contribution is 4.89. The molecule has 118 valence electrons. The van der Waals surface area contributed by atoms with Gasteiger partial charge in [0.25, 0.3) is 0 Å². The van der Waals surface area contributed by atoms with Gasteiger partial charge in [-0.05, 0) is 56.9 Å². The third-order valence-electron chi connectivity index (χ3n) is 5.59. The van der Waals surface area contributed by atoms with Crippen LogP contribution in [0, 0.1) is 17.3 Å². The molecule has 3 heteroatoms. The molecule has 1 saturated heterocycles. The summed E-state index contributed by atoms with van der Waals surface area (Å²) in [6, 6.07) is 0.525. The second-order valence-corrected chi connectivity index (χ2v) is 8.07. The van der Waals surface area contributed by atoms with Gasteiger partial charge in [-0.2, -0.15) is 0 Å². The van der Waals surface area contributed by atoms with Crippen LogP contribution in [0.2, 0.25) is 0 Å². The van der Waals surface area contributed by atoms with Crippen molar-refractivity contribution < 1.29 is 9.84 Å². The van der Waals surface area contributed by atoms with Gasteiger partial charge in [0.15, 0.2) is 0 Å². The molecule has 5 unspecified atom stereocenters. The Hall–Kier alpha value is -0.120. The molecule has 20 heavy (non-hydrogen) atoms. The number of nitrogens with zero attached hydrogens (tertiary/aromatic N) is 1. The predicted octanol–water partition coefficient (Wildman–Crippen LogP) is 2.92. The minimum absolute atomic E-state index is 0.117. The molecule has 0 aromatic heterocycles. The van der Waals surface area contributed by atoms with Crippen LogP contribution in [-0.2, 0) is 4.74 Å². The van der Waals surface area contributed by atoms with E-state index in [0.717, 1.165) is 38.3 Å². The topological polar surface area (TPSA) is 32.7 Å². The van der Waals surface area contributed by atoms with Gasteiger partial charge in [0.1, 0.15) is 0 Å². The second-order valence-electron chi connectivity index (χ2n) is 8.07. The van der Waals surface area contributed by atoms with E-state index in [0.29, 0.717) is 23.5 Å². The fourth-order valence-electron chi connectivity index (χ4n) is 4.04. The number of rotatable bonds is 3. The highest BCUT2D eigenvalue weighted by atomic mass is 16.5. The molecule has 0 aromatic carbocycles. The number of aliphatic hydroxyl groups is 1. The molecule has 0 amide bonds. The largest absolute Gasteiger partial charge is 0.393 e. The highest BCUT2D eigenvalue weighted by Crippen LogP contribution is 2.40. The van der Waals surface area contributed by atoms with Crippen molar-refractivity contribution in [2.75, 3.05) is 20.2 Å². The van der Waals surface area contributed by atoms with Gasteiger partial charge in [-0.15, -0.1) is 0 Å². The Balaban J connectivity index is 1.92. The molecule has 1 aliphatic heterocycles. The SMILES string of the molecule is CC1OCCC1N(C)CC1CC(C(C)(C)C)CCC1O. The zero-order chi connectivity index (χ0) is 14.9. The quantitative estimate of drug-likeness (QED) is 0.864. The van der Waals surface area contributed by atoms with Gasteiger partial charge in [0.2, 0.25) is 0 Å². The number of hydrogen-bond donors (Lipinski definition) is 1. The first-order valence-electron chi connectivity index (χ1n) is 8.29. The van der Waals surface area contributed by atoms with Crippen LogP contribution in [-0.4, -0.2) is 48.5 Å². The summed E-state index contributed by atoms with van der Waals surface area (Å²) in [4.78, 5) is 2.43. The molecule has 2 rings (SSSR count). The Morgan fingerprint density at radius 1 is 1.20 bits per heavy atom. The van der Waals surface area contributed by atoms with Crippen LogP contribution in [0.25, 0.3) is 0 Å². The van der Waals surface area contributed by atoms with Crippen molar-refractivity contribution in [3.63, 3.8) is 0 Å². The van der Waals surface area contributed by atoms with Crippen LogP contribution in [0.4, 0.5) is 0 Å². The van der Waals surface area contributed by atoms with Crippen molar-refractivity contribution in [1.82, 2.24) is 4.90 Å². The lowest BCUT2D eigenvalue weighted by Gasteiger charge is -2.42. The molecule has 1 saturated carbocycles. The standard InChI is InChI=1S/C17H33NO2/c1-12-15(8-9-20-12)18(5)11-13-10-14(17(2,3)4)6-7-16(13)19/h12-16,19H,6-11H2,1-5H3. The molecule has 1 aliphatic carbocycles. The Bertz CT molecular complexity index is 313. The van der Waals surface area contributed by atoms with Crippen molar-refractivity contribution in [1.29, 1.82) is 0 Å². The Morgan fingerprint density at radius 3 is 2.45 bits per heavy atom. The van der Waals surface area contributed by atoms with Gasteiger partial charge in [-0.25, -0.2) is 0 Å². The lowest BCUT2D eigenvalue weighted by molar-refractivity contribution is -0.00449. The lowest BCUT2D eigenvalue weighted by atomic mass is 9.68. The van der Waals surface area contributed by atoms with E-state index in [2.05, 4.69) is 39.6 Å². The van der Waals surface area contributed by atoms with Crippen molar-refractivity contribution in [3.8, 4) is 0 Å². The monoisotopic (exact) mass is 283 g/mol. The van der Waals surface area contributed by atoms with E-state index in [1.807, 2.05) is 0 Å².